The molecule has 1 amide bonds. The lowest BCUT2D eigenvalue weighted by Crippen LogP contribution is -2.46. The predicted molar refractivity (Wildman–Crippen MR) is 129 cm³/mol. The molecule has 0 aliphatic carbocycles. The summed E-state index contributed by atoms with van der Waals surface area (Å²) in [5, 5.41) is 3.42. The topological polar surface area (TPSA) is 103 Å². The van der Waals surface area contributed by atoms with Gasteiger partial charge in [-0.2, -0.15) is 0 Å². The van der Waals surface area contributed by atoms with E-state index in [2.05, 4.69) is 25.1 Å². The summed E-state index contributed by atoms with van der Waals surface area (Å²) in [6.45, 7) is 7.91. The van der Waals surface area contributed by atoms with Crippen molar-refractivity contribution < 1.29 is 4.79 Å². The molecule has 10 heteroatoms. The lowest BCUT2D eigenvalue weighted by atomic mass is 10.1. The van der Waals surface area contributed by atoms with Crippen molar-refractivity contribution in [2.45, 2.75) is 26.9 Å². The van der Waals surface area contributed by atoms with Crippen LogP contribution in [0.4, 0.5) is 5.69 Å². The minimum atomic E-state index is -0.381. The first-order valence-corrected chi connectivity index (χ1v) is 11.3. The van der Waals surface area contributed by atoms with Crippen LogP contribution in [-0.2, 0) is 13.1 Å². The fraction of sp³-hybridized carbons (Fsp3) is 0.391. The Morgan fingerprint density at radius 1 is 1.18 bits per heavy atom. The van der Waals surface area contributed by atoms with Gasteiger partial charge in [0.05, 0.1) is 16.6 Å². The Balaban J connectivity index is 1.48. The molecule has 0 saturated carbocycles. The number of aromatic nitrogens is 3. The number of carbonyl (C=O) groups is 1. The van der Waals surface area contributed by atoms with E-state index in [0.717, 1.165) is 43.0 Å². The van der Waals surface area contributed by atoms with Gasteiger partial charge in [0.1, 0.15) is 5.69 Å². The highest BCUT2D eigenvalue weighted by molar-refractivity contribution is 6.32. The minimum Gasteiger partial charge on any atom is -0.366 e. The fourth-order valence-electron chi connectivity index (χ4n) is 4.36. The van der Waals surface area contributed by atoms with Crippen LogP contribution in [0.1, 0.15) is 28.5 Å². The first-order valence-electron chi connectivity index (χ1n) is 10.9. The second-order valence-corrected chi connectivity index (χ2v) is 8.52. The molecule has 9 nitrogen and oxygen atoms in total. The number of amides is 1. The average molecular weight is 471 g/mol. The summed E-state index contributed by atoms with van der Waals surface area (Å²) in [7, 11) is 1.56. The molecular weight excluding hydrogens is 444 g/mol. The molecule has 1 aromatic carbocycles. The van der Waals surface area contributed by atoms with Crippen molar-refractivity contribution in [1.29, 1.82) is 0 Å². The maximum atomic E-state index is 12.7. The number of fused-ring (bicyclic) bond motifs is 1. The number of nitrogens with zero attached hydrogens (tertiary/aromatic N) is 4. The zero-order valence-electron chi connectivity index (χ0n) is 18.9. The van der Waals surface area contributed by atoms with Gasteiger partial charge in [0, 0.05) is 46.3 Å². The average Bonchev–Trinajstić information content (AvgIpc) is 2.79. The number of pyridine rings is 1. The molecule has 2 N–H and O–H groups in total. The Morgan fingerprint density at radius 2 is 1.91 bits per heavy atom. The van der Waals surface area contributed by atoms with Crippen molar-refractivity contribution in [2.24, 2.45) is 0 Å². The zero-order valence-corrected chi connectivity index (χ0v) is 19.7. The monoisotopic (exact) mass is 470 g/mol. The number of piperazine rings is 1. The summed E-state index contributed by atoms with van der Waals surface area (Å²) < 4.78 is 1.22. The summed E-state index contributed by atoms with van der Waals surface area (Å²) in [5.74, 6) is -0.270. The van der Waals surface area contributed by atoms with E-state index in [4.69, 9.17) is 11.6 Å². The summed E-state index contributed by atoms with van der Waals surface area (Å²) in [6, 6.07) is 7.43. The third kappa shape index (κ3) is 4.51. The molecule has 1 aliphatic rings. The Bertz CT molecular complexity index is 1320. The number of nitrogens with one attached hydrogen (secondary N) is 2. The highest BCUT2D eigenvalue weighted by Gasteiger charge is 2.21. The molecule has 1 fully saturated rings. The van der Waals surface area contributed by atoms with E-state index in [9.17, 15) is 14.4 Å². The lowest BCUT2D eigenvalue weighted by Gasteiger charge is -2.36. The summed E-state index contributed by atoms with van der Waals surface area (Å²) in [4.78, 5) is 48.2. The van der Waals surface area contributed by atoms with Gasteiger partial charge in [-0.25, -0.2) is 9.78 Å². The summed E-state index contributed by atoms with van der Waals surface area (Å²) in [5.41, 5.74) is 2.97. The number of aryl methyl sites for hydroxylation is 1. The summed E-state index contributed by atoms with van der Waals surface area (Å²) >= 11 is 6.35. The Morgan fingerprint density at radius 3 is 2.55 bits per heavy atom. The van der Waals surface area contributed by atoms with Gasteiger partial charge >= 0.3 is 5.69 Å². The maximum Gasteiger partial charge on any atom is 0.328 e. The normalized spacial score (nSPS) is 14.6. The standard InChI is InChI=1S/C23H27ClN6O3/c1-4-30-22(32)19-14(2)11-15(12-17(19)27-23(30)33)13-28-7-9-29(10-8-28)18-6-5-16(21(31)25-3)26-20(18)24/h5-6,11-12H,4,7-10,13H2,1-3H3,(H,25,31)(H,27,33). The molecule has 2 aromatic heterocycles. The van der Waals surface area contributed by atoms with E-state index in [0.29, 0.717) is 34.8 Å². The van der Waals surface area contributed by atoms with Gasteiger partial charge in [-0.3, -0.25) is 19.1 Å². The van der Waals surface area contributed by atoms with Crippen LogP contribution in [0.25, 0.3) is 10.9 Å². The predicted octanol–water partition coefficient (Wildman–Crippen LogP) is 1.75. The van der Waals surface area contributed by atoms with Crippen LogP contribution < -0.4 is 21.5 Å². The minimum absolute atomic E-state index is 0.248. The number of hydrogen-bond donors (Lipinski definition) is 2. The third-order valence-corrected chi connectivity index (χ3v) is 6.34. The Labute approximate surface area is 196 Å². The van der Waals surface area contributed by atoms with E-state index >= 15 is 0 Å². The van der Waals surface area contributed by atoms with Crippen molar-refractivity contribution in [1.82, 2.24) is 24.8 Å². The third-order valence-electron chi connectivity index (χ3n) is 6.07. The van der Waals surface area contributed by atoms with Gasteiger partial charge in [0.2, 0.25) is 0 Å². The van der Waals surface area contributed by atoms with Crippen molar-refractivity contribution in [3.63, 3.8) is 0 Å². The molecule has 174 valence electrons. The summed E-state index contributed by atoms with van der Waals surface area (Å²) in [6.07, 6.45) is 0. The van der Waals surface area contributed by atoms with E-state index < -0.39 is 0 Å². The molecular formula is C23H27ClN6O3. The van der Waals surface area contributed by atoms with Gasteiger partial charge in [-0.05, 0) is 43.2 Å². The maximum absolute atomic E-state index is 12.7. The highest BCUT2D eigenvalue weighted by Crippen LogP contribution is 2.26. The smallest absolute Gasteiger partial charge is 0.328 e. The van der Waals surface area contributed by atoms with Crippen molar-refractivity contribution >= 4 is 34.1 Å². The second kappa shape index (κ2) is 9.36. The lowest BCUT2D eigenvalue weighted by molar-refractivity contribution is 0.0958. The van der Waals surface area contributed by atoms with Crippen molar-refractivity contribution in [3.05, 3.63) is 67.1 Å². The van der Waals surface area contributed by atoms with Gasteiger partial charge in [-0.1, -0.05) is 17.7 Å². The fourth-order valence-corrected chi connectivity index (χ4v) is 4.63. The number of rotatable bonds is 5. The largest absolute Gasteiger partial charge is 0.366 e. The molecule has 3 aromatic rings. The van der Waals surface area contributed by atoms with E-state index in [-0.39, 0.29) is 17.2 Å². The van der Waals surface area contributed by atoms with Gasteiger partial charge in [0.15, 0.2) is 5.15 Å². The number of carbonyl (C=O) groups excluding carboxylic acids is 1. The van der Waals surface area contributed by atoms with Crippen LogP contribution in [0.3, 0.4) is 0 Å². The molecule has 4 rings (SSSR count). The number of hydrogen-bond acceptors (Lipinski definition) is 6. The molecule has 33 heavy (non-hydrogen) atoms. The molecule has 0 atom stereocenters. The molecule has 1 saturated heterocycles. The van der Waals surface area contributed by atoms with Crippen molar-refractivity contribution in [2.75, 3.05) is 38.1 Å². The number of halogens is 1. The first-order chi connectivity index (χ1) is 15.8. The molecule has 0 radical (unpaired) electrons. The van der Waals surface area contributed by atoms with Crippen LogP contribution in [0.5, 0.6) is 0 Å². The van der Waals surface area contributed by atoms with Crippen LogP contribution in [0.2, 0.25) is 5.15 Å². The van der Waals surface area contributed by atoms with Crippen LogP contribution in [0, 0.1) is 6.92 Å². The molecule has 1 aliphatic heterocycles. The number of aromatic amines is 1. The van der Waals surface area contributed by atoms with E-state index in [1.165, 1.54) is 4.57 Å². The molecule has 0 bridgehead atoms. The molecule has 0 unspecified atom stereocenters. The quantitative estimate of drug-likeness (QED) is 0.551. The highest BCUT2D eigenvalue weighted by atomic mass is 35.5. The number of anilines is 1. The van der Waals surface area contributed by atoms with Crippen LogP contribution in [0.15, 0.2) is 33.9 Å². The van der Waals surface area contributed by atoms with Crippen LogP contribution >= 0.6 is 11.6 Å². The molecule has 0 spiro atoms. The van der Waals surface area contributed by atoms with Crippen molar-refractivity contribution in [3.8, 4) is 0 Å². The van der Waals surface area contributed by atoms with Crippen LogP contribution in [-0.4, -0.2) is 58.6 Å². The SMILES string of the molecule is CCn1c(=O)[nH]c2cc(CN3CCN(c4ccc(C(=O)NC)nc4Cl)CC3)cc(C)c2c1=O. The zero-order chi connectivity index (χ0) is 23.7. The van der Waals surface area contributed by atoms with E-state index in [1.54, 1.807) is 20.0 Å². The second-order valence-electron chi connectivity index (χ2n) is 8.16. The number of benzene rings is 1. The van der Waals surface area contributed by atoms with Gasteiger partial charge < -0.3 is 15.2 Å². The Kier molecular flexibility index (Phi) is 6.53. The number of H-pyrrole nitrogens is 1. The van der Waals surface area contributed by atoms with E-state index in [1.807, 2.05) is 25.1 Å². The van der Waals surface area contributed by atoms with Gasteiger partial charge in [0.25, 0.3) is 11.5 Å². The van der Waals surface area contributed by atoms with Gasteiger partial charge in [-0.15, -0.1) is 0 Å². The first kappa shape index (κ1) is 23.0. The molecule has 3 heterocycles. The Hall–Kier alpha value is -3.17.